The molecule has 0 bridgehead atoms. The van der Waals surface area contributed by atoms with E-state index in [4.69, 9.17) is 16.3 Å². The summed E-state index contributed by atoms with van der Waals surface area (Å²) in [5.41, 5.74) is 0.442. The van der Waals surface area contributed by atoms with Crippen LogP contribution in [-0.2, 0) is 11.2 Å². The fourth-order valence-corrected chi connectivity index (χ4v) is 1.64. The van der Waals surface area contributed by atoms with Gasteiger partial charge >= 0.3 is 0 Å². The maximum atomic E-state index is 13.3. The molecule has 0 heterocycles. The Hall–Kier alpha value is -0.670. The van der Waals surface area contributed by atoms with Crippen molar-refractivity contribution >= 4 is 11.6 Å². The van der Waals surface area contributed by atoms with Gasteiger partial charge in [-0.3, -0.25) is 0 Å². The lowest BCUT2D eigenvalue weighted by Gasteiger charge is -2.10. The monoisotopic (exact) mass is 248 g/mol. The Morgan fingerprint density at radius 3 is 2.75 bits per heavy atom. The molecule has 1 atom stereocenters. The van der Waals surface area contributed by atoms with Gasteiger partial charge in [0.1, 0.15) is 11.6 Å². The van der Waals surface area contributed by atoms with Crippen LogP contribution in [0.25, 0.3) is 0 Å². The van der Waals surface area contributed by atoms with E-state index >= 15 is 0 Å². The van der Waals surface area contributed by atoms with Gasteiger partial charge in [0.25, 0.3) is 0 Å². The van der Waals surface area contributed by atoms with E-state index in [0.29, 0.717) is 31.6 Å². The van der Waals surface area contributed by atoms with Crippen LogP contribution in [0.3, 0.4) is 0 Å². The third-order valence-corrected chi connectivity index (χ3v) is 2.61. The van der Waals surface area contributed by atoms with Crippen LogP contribution in [0.2, 0.25) is 0 Å². The number of ether oxygens (including phenoxy) is 1. The summed E-state index contributed by atoms with van der Waals surface area (Å²) in [4.78, 5) is 0. The Morgan fingerprint density at radius 2 is 2.12 bits per heavy atom. The molecule has 0 aliphatic heterocycles. The first-order valence-corrected chi connectivity index (χ1v) is 5.73. The number of halogens is 3. The lowest BCUT2D eigenvalue weighted by atomic mass is 10.1. The van der Waals surface area contributed by atoms with E-state index in [9.17, 15) is 8.78 Å². The van der Waals surface area contributed by atoms with Crippen molar-refractivity contribution < 1.29 is 13.5 Å². The molecule has 0 N–H and O–H groups in total. The minimum Gasteiger partial charge on any atom is -0.382 e. The summed E-state index contributed by atoms with van der Waals surface area (Å²) in [7, 11) is 0. The van der Waals surface area contributed by atoms with Gasteiger partial charge in [-0.1, -0.05) is 6.07 Å². The maximum Gasteiger partial charge on any atom is 0.129 e. The molecule has 1 unspecified atom stereocenters. The van der Waals surface area contributed by atoms with Gasteiger partial charge in [-0.2, -0.15) is 0 Å². The highest BCUT2D eigenvalue weighted by molar-refractivity contribution is 6.20. The standard InChI is InChI=1S/C12H15ClF2O/c1-2-16-6-5-10(13)7-9-3-4-11(14)8-12(9)15/h3-4,8,10H,2,5-7H2,1H3. The first-order valence-electron chi connectivity index (χ1n) is 5.29. The number of hydrogen-bond acceptors (Lipinski definition) is 1. The predicted molar refractivity (Wildman–Crippen MR) is 60.8 cm³/mol. The van der Waals surface area contributed by atoms with Crippen molar-refractivity contribution in [3.63, 3.8) is 0 Å². The number of alkyl halides is 1. The molecule has 0 amide bonds. The van der Waals surface area contributed by atoms with Crippen molar-refractivity contribution in [2.75, 3.05) is 13.2 Å². The topological polar surface area (TPSA) is 9.23 Å². The normalized spacial score (nSPS) is 12.8. The molecule has 16 heavy (non-hydrogen) atoms. The fourth-order valence-electron chi connectivity index (χ4n) is 1.38. The van der Waals surface area contributed by atoms with Gasteiger partial charge in [-0.25, -0.2) is 8.78 Å². The lowest BCUT2D eigenvalue weighted by Crippen LogP contribution is -2.09. The van der Waals surface area contributed by atoms with E-state index in [1.54, 1.807) is 0 Å². The molecule has 0 aliphatic carbocycles. The molecule has 0 saturated heterocycles. The minimum absolute atomic E-state index is 0.188. The van der Waals surface area contributed by atoms with Crippen molar-refractivity contribution in [2.45, 2.75) is 25.1 Å². The molecule has 1 nitrogen and oxygen atoms in total. The molecule has 1 aromatic carbocycles. The fraction of sp³-hybridized carbons (Fsp3) is 0.500. The summed E-state index contributed by atoms with van der Waals surface area (Å²) >= 11 is 6.02. The first-order chi connectivity index (χ1) is 7.63. The van der Waals surface area contributed by atoms with Gasteiger partial charge in [-0.15, -0.1) is 11.6 Å². The van der Waals surface area contributed by atoms with E-state index in [1.165, 1.54) is 12.1 Å². The van der Waals surface area contributed by atoms with E-state index in [-0.39, 0.29) is 5.38 Å². The number of hydrogen-bond donors (Lipinski definition) is 0. The van der Waals surface area contributed by atoms with Gasteiger partial charge in [-0.05, 0) is 31.4 Å². The smallest absolute Gasteiger partial charge is 0.129 e. The zero-order valence-electron chi connectivity index (χ0n) is 9.18. The summed E-state index contributed by atoms with van der Waals surface area (Å²) in [5, 5.41) is -0.188. The molecule has 0 radical (unpaired) electrons. The van der Waals surface area contributed by atoms with Crippen LogP contribution in [0, 0.1) is 11.6 Å². The second-order valence-electron chi connectivity index (χ2n) is 3.52. The molecule has 0 aromatic heterocycles. The average Bonchev–Trinajstić information content (AvgIpc) is 2.23. The molecular weight excluding hydrogens is 234 g/mol. The molecule has 1 rings (SSSR count). The van der Waals surface area contributed by atoms with Gasteiger partial charge in [0.05, 0.1) is 0 Å². The summed E-state index contributed by atoms with van der Waals surface area (Å²) < 4.78 is 31.1. The van der Waals surface area contributed by atoms with Crippen LogP contribution in [0.4, 0.5) is 8.78 Å². The van der Waals surface area contributed by atoms with E-state index in [1.807, 2.05) is 6.92 Å². The quantitative estimate of drug-likeness (QED) is 0.553. The van der Waals surface area contributed by atoms with Crippen LogP contribution < -0.4 is 0 Å². The van der Waals surface area contributed by atoms with E-state index in [0.717, 1.165) is 6.07 Å². The van der Waals surface area contributed by atoms with Crippen molar-refractivity contribution in [3.05, 3.63) is 35.4 Å². The third kappa shape index (κ3) is 4.45. The minimum atomic E-state index is -0.568. The average molecular weight is 249 g/mol. The highest BCUT2D eigenvalue weighted by atomic mass is 35.5. The van der Waals surface area contributed by atoms with E-state index < -0.39 is 11.6 Å². The molecule has 4 heteroatoms. The first kappa shape index (κ1) is 13.4. The Bertz CT molecular complexity index is 331. The molecule has 0 saturated carbocycles. The molecule has 0 fully saturated rings. The molecule has 0 spiro atoms. The molecular formula is C12H15ClF2O. The largest absolute Gasteiger partial charge is 0.382 e. The van der Waals surface area contributed by atoms with Crippen LogP contribution >= 0.6 is 11.6 Å². The second-order valence-corrected chi connectivity index (χ2v) is 4.14. The summed E-state index contributed by atoms with van der Waals surface area (Å²) in [5.74, 6) is -1.11. The highest BCUT2D eigenvalue weighted by Crippen LogP contribution is 2.16. The Labute approximate surface area is 99.4 Å². The van der Waals surface area contributed by atoms with Crippen LogP contribution in [0.15, 0.2) is 18.2 Å². The number of benzene rings is 1. The van der Waals surface area contributed by atoms with E-state index in [2.05, 4.69) is 0 Å². The Kier molecular flexibility index (Phi) is 5.71. The van der Waals surface area contributed by atoms with Crippen LogP contribution in [0.1, 0.15) is 18.9 Å². The van der Waals surface area contributed by atoms with Crippen LogP contribution in [-0.4, -0.2) is 18.6 Å². The molecule has 90 valence electrons. The zero-order chi connectivity index (χ0) is 12.0. The highest BCUT2D eigenvalue weighted by Gasteiger charge is 2.10. The van der Waals surface area contributed by atoms with Crippen molar-refractivity contribution in [1.82, 2.24) is 0 Å². The summed E-state index contributed by atoms with van der Waals surface area (Å²) in [6.45, 7) is 3.12. The van der Waals surface area contributed by atoms with Gasteiger partial charge in [0.2, 0.25) is 0 Å². The SMILES string of the molecule is CCOCCC(Cl)Cc1ccc(F)cc1F. The second kappa shape index (κ2) is 6.81. The Morgan fingerprint density at radius 1 is 1.38 bits per heavy atom. The predicted octanol–water partition coefficient (Wildman–Crippen LogP) is 3.54. The van der Waals surface area contributed by atoms with Gasteiger partial charge < -0.3 is 4.74 Å². The lowest BCUT2D eigenvalue weighted by molar-refractivity contribution is 0.144. The molecule has 1 aromatic rings. The van der Waals surface area contributed by atoms with Crippen LogP contribution in [0.5, 0.6) is 0 Å². The summed E-state index contributed by atoms with van der Waals surface area (Å²) in [6, 6.07) is 3.55. The zero-order valence-corrected chi connectivity index (χ0v) is 9.94. The number of rotatable bonds is 6. The van der Waals surface area contributed by atoms with Gasteiger partial charge in [0.15, 0.2) is 0 Å². The Balaban J connectivity index is 2.46. The van der Waals surface area contributed by atoms with Crippen molar-refractivity contribution in [2.24, 2.45) is 0 Å². The summed E-state index contributed by atoms with van der Waals surface area (Å²) in [6.07, 6.45) is 1.05. The van der Waals surface area contributed by atoms with Crippen molar-refractivity contribution in [3.8, 4) is 0 Å². The maximum absolute atomic E-state index is 13.3. The molecule has 0 aliphatic rings. The third-order valence-electron chi connectivity index (χ3n) is 2.24. The van der Waals surface area contributed by atoms with Gasteiger partial charge in [0, 0.05) is 24.7 Å². The van der Waals surface area contributed by atoms with Crippen molar-refractivity contribution in [1.29, 1.82) is 0 Å².